The molecule has 0 saturated carbocycles. The number of nitrogens with zero attached hydrogens (tertiary/aromatic N) is 1. The van der Waals surface area contributed by atoms with Gasteiger partial charge in [0.15, 0.2) is 0 Å². The number of hydrogen-bond donors (Lipinski definition) is 1. The third-order valence-corrected chi connectivity index (χ3v) is 3.68. The molecule has 0 saturated heterocycles. The normalized spacial score (nSPS) is 10.3. The van der Waals surface area contributed by atoms with Crippen LogP contribution in [0.15, 0.2) is 33.2 Å². The van der Waals surface area contributed by atoms with E-state index in [9.17, 15) is 0 Å². The van der Waals surface area contributed by atoms with Crippen LogP contribution in [0.1, 0.15) is 5.69 Å². The summed E-state index contributed by atoms with van der Waals surface area (Å²) < 4.78 is 12.5. The Hall–Kier alpha value is -1.27. The molecule has 0 unspecified atom stereocenters. The third kappa shape index (κ3) is 3.19. The summed E-state index contributed by atoms with van der Waals surface area (Å²) in [4.78, 5) is 4.27. The molecule has 1 heterocycles. The lowest BCUT2D eigenvalue weighted by Crippen LogP contribution is -1.97. The predicted octanol–water partition coefficient (Wildman–Crippen LogP) is 4.30. The standard InChI is InChI=1S/C13H12Br2N2O2/c1-7-3-4-10(16)13(17-7)19-12-6-8(14)11(18-2)5-9(12)15/h3-6H,16H2,1-2H3. The number of anilines is 1. The monoisotopic (exact) mass is 386 g/mol. The highest BCUT2D eigenvalue weighted by atomic mass is 79.9. The summed E-state index contributed by atoms with van der Waals surface area (Å²) in [5.41, 5.74) is 7.17. The van der Waals surface area contributed by atoms with E-state index in [2.05, 4.69) is 36.8 Å². The van der Waals surface area contributed by atoms with Crippen molar-refractivity contribution in [1.82, 2.24) is 4.98 Å². The SMILES string of the molecule is COc1cc(Br)c(Oc2nc(C)ccc2N)cc1Br. The molecular weight excluding hydrogens is 376 g/mol. The number of nitrogens with two attached hydrogens (primary N) is 1. The quantitative estimate of drug-likeness (QED) is 0.852. The predicted molar refractivity (Wildman–Crippen MR) is 81.9 cm³/mol. The molecular formula is C13H12Br2N2O2. The average Bonchev–Trinajstić information content (AvgIpc) is 2.37. The Morgan fingerprint density at radius 2 is 1.74 bits per heavy atom. The molecule has 0 atom stereocenters. The van der Waals surface area contributed by atoms with Gasteiger partial charge in [-0.1, -0.05) is 0 Å². The van der Waals surface area contributed by atoms with E-state index in [1.54, 1.807) is 19.2 Å². The van der Waals surface area contributed by atoms with Crippen LogP contribution in [-0.2, 0) is 0 Å². The lowest BCUT2D eigenvalue weighted by molar-refractivity contribution is 0.408. The Labute approximate surface area is 128 Å². The second kappa shape index (κ2) is 5.79. The summed E-state index contributed by atoms with van der Waals surface area (Å²) in [6, 6.07) is 7.21. The number of pyridine rings is 1. The zero-order chi connectivity index (χ0) is 14.0. The smallest absolute Gasteiger partial charge is 0.242 e. The molecule has 2 rings (SSSR count). The minimum atomic E-state index is 0.387. The first-order valence-electron chi connectivity index (χ1n) is 5.45. The number of ether oxygens (including phenoxy) is 2. The van der Waals surface area contributed by atoms with E-state index >= 15 is 0 Å². The van der Waals surface area contributed by atoms with Gasteiger partial charge in [-0.2, -0.15) is 0 Å². The highest BCUT2D eigenvalue weighted by Crippen LogP contribution is 2.38. The highest BCUT2D eigenvalue weighted by molar-refractivity contribution is 9.11. The van der Waals surface area contributed by atoms with Crippen molar-refractivity contribution < 1.29 is 9.47 Å². The molecule has 6 heteroatoms. The van der Waals surface area contributed by atoms with Crippen molar-refractivity contribution in [2.45, 2.75) is 6.92 Å². The van der Waals surface area contributed by atoms with Gasteiger partial charge in [0, 0.05) is 5.69 Å². The minimum Gasteiger partial charge on any atom is -0.496 e. The molecule has 0 radical (unpaired) electrons. The maximum Gasteiger partial charge on any atom is 0.242 e. The fourth-order valence-electron chi connectivity index (χ4n) is 1.47. The van der Waals surface area contributed by atoms with E-state index in [4.69, 9.17) is 15.2 Å². The van der Waals surface area contributed by atoms with E-state index in [1.807, 2.05) is 19.1 Å². The second-order valence-corrected chi connectivity index (χ2v) is 5.57. The molecule has 2 aromatic rings. The summed E-state index contributed by atoms with van der Waals surface area (Å²) in [6.07, 6.45) is 0. The van der Waals surface area contributed by atoms with Crippen LogP contribution in [0.5, 0.6) is 17.4 Å². The van der Waals surface area contributed by atoms with Crippen molar-refractivity contribution in [2.75, 3.05) is 12.8 Å². The Morgan fingerprint density at radius 1 is 1.11 bits per heavy atom. The van der Waals surface area contributed by atoms with Gasteiger partial charge in [0.2, 0.25) is 5.88 Å². The van der Waals surface area contributed by atoms with Gasteiger partial charge in [-0.05, 0) is 63.0 Å². The van der Waals surface area contributed by atoms with Crippen molar-refractivity contribution in [3.05, 3.63) is 38.9 Å². The van der Waals surface area contributed by atoms with E-state index in [0.717, 1.165) is 14.6 Å². The fourth-order valence-corrected chi connectivity index (χ4v) is 2.36. The van der Waals surface area contributed by atoms with Gasteiger partial charge < -0.3 is 15.2 Å². The van der Waals surface area contributed by atoms with Gasteiger partial charge in [0.1, 0.15) is 11.5 Å². The Kier molecular flexibility index (Phi) is 4.31. The van der Waals surface area contributed by atoms with Gasteiger partial charge in [-0.3, -0.25) is 0 Å². The number of rotatable bonds is 3. The number of aryl methyl sites for hydroxylation is 1. The second-order valence-electron chi connectivity index (χ2n) is 3.87. The molecule has 0 fully saturated rings. The summed E-state index contributed by atoms with van der Waals surface area (Å²) in [7, 11) is 1.60. The molecule has 2 N–H and O–H groups in total. The molecule has 1 aromatic carbocycles. The molecule has 0 aliphatic heterocycles. The Balaban J connectivity index is 2.38. The van der Waals surface area contributed by atoms with E-state index in [0.29, 0.717) is 23.1 Å². The summed E-state index contributed by atoms with van der Waals surface area (Å²) in [5, 5.41) is 0. The number of benzene rings is 1. The number of hydrogen-bond acceptors (Lipinski definition) is 4. The first kappa shape index (κ1) is 14.1. The lowest BCUT2D eigenvalue weighted by Gasteiger charge is -2.12. The maximum absolute atomic E-state index is 5.84. The number of nitrogen functional groups attached to an aromatic ring is 1. The van der Waals surface area contributed by atoms with Gasteiger partial charge in [-0.25, -0.2) is 4.98 Å². The molecule has 0 aliphatic carbocycles. The molecule has 4 nitrogen and oxygen atoms in total. The summed E-state index contributed by atoms with van der Waals surface area (Å²) in [6.45, 7) is 1.88. The van der Waals surface area contributed by atoms with Crippen molar-refractivity contribution in [3.63, 3.8) is 0 Å². The van der Waals surface area contributed by atoms with Crippen LogP contribution < -0.4 is 15.2 Å². The third-order valence-electron chi connectivity index (χ3n) is 2.44. The van der Waals surface area contributed by atoms with Crippen LogP contribution in [0.4, 0.5) is 5.69 Å². The zero-order valence-electron chi connectivity index (χ0n) is 10.4. The summed E-state index contributed by atoms with van der Waals surface area (Å²) >= 11 is 6.84. The molecule has 19 heavy (non-hydrogen) atoms. The maximum atomic E-state index is 5.84. The molecule has 0 bridgehead atoms. The molecule has 1 aromatic heterocycles. The van der Waals surface area contributed by atoms with E-state index < -0.39 is 0 Å². The number of halogens is 2. The summed E-state index contributed by atoms with van der Waals surface area (Å²) in [5.74, 6) is 1.71. The van der Waals surface area contributed by atoms with E-state index in [1.165, 1.54) is 0 Å². The Morgan fingerprint density at radius 3 is 2.42 bits per heavy atom. The average molecular weight is 388 g/mol. The highest BCUT2D eigenvalue weighted by Gasteiger charge is 2.11. The van der Waals surface area contributed by atoms with Crippen LogP contribution in [0, 0.1) is 6.92 Å². The van der Waals surface area contributed by atoms with Crippen molar-refractivity contribution in [1.29, 1.82) is 0 Å². The topological polar surface area (TPSA) is 57.4 Å². The van der Waals surface area contributed by atoms with Crippen molar-refractivity contribution >= 4 is 37.5 Å². The van der Waals surface area contributed by atoms with Crippen LogP contribution in [0.3, 0.4) is 0 Å². The van der Waals surface area contributed by atoms with Gasteiger partial charge in [0.05, 0.1) is 21.7 Å². The van der Waals surface area contributed by atoms with E-state index in [-0.39, 0.29) is 0 Å². The number of aromatic nitrogens is 1. The van der Waals surface area contributed by atoms with Crippen molar-refractivity contribution in [2.24, 2.45) is 0 Å². The molecule has 0 spiro atoms. The lowest BCUT2D eigenvalue weighted by atomic mass is 10.3. The van der Waals surface area contributed by atoms with Crippen LogP contribution in [-0.4, -0.2) is 12.1 Å². The van der Waals surface area contributed by atoms with Gasteiger partial charge in [0.25, 0.3) is 0 Å². The largest absolute Gasteiger partial charge is 0.496 e. The van der Waals surface area contributed by atoms with Crippen LogP contribution in [0.2, 0.25) is 0 Å². The number of methoxy groups -OCH3 is 1. The molecule has 100 valence electrons. The zero-order valence-corrected chi connectivity index (χ0v) is 13.6. The fraction of sp³-hybridized carbons (Fsp3) is 0.154. The van der Waals surface area contributed by atoms with Crippen LogP contribution in [0.25, 0.3) is 0 Å². The van der Waals surface area contributed by atoms with Crippen LogP contribution >= 0.6 is 31.9 Å². The first-order chi connectivity index (χ1) is 9.01. The first-order valence-corrected chi connectivity index (χ1v) is 7.04. The van der Waals surface area contributed by atoms with Crippen molar-refractivity contribution in [3.8, 4) is 17.4 Å². The molecule has 0 aliphatic rings. The van der Waals surface area contributed by atoms with Gasteiger partial charge >= 0.3 is 0 Å². The Bertz CT molecular complexity index is 618. The minimum absolute atomic E-state index is 0.387. The molecule has 0 amide bonds. The van der Waals surface area contributed by atoms with Gasteiger partial charge in [-0.15, -0.1) is 0 Å².